The lowest BCUT2D eigenvalue weighted by Crippen LogP contribution is -2.38. The molecular weight excluding hydrogens is 224 g/mol. The molecule has 0 aromatic carbocycles. The lowest BCUT2D eigenvalue weighted by atomic mass is 9.79. The van der Waals surface area contributed by atoms with Crippen LogP contribution in [0.3, 0.4) is 0 Å². The normalized spacial score (nSPS) is 12.3. The van der Waals surface area contributed by atoms with Gasteiger partial charge in [0, 0.05) is 5.57 Å². The highest BCUT2D eigenvalue weighted by Crippen LogP contribution is 2.33. The topological polar surface area (TPSA) is 26.3 Å². The van der Waals surface area contributed by atoms with Gasteiger partial charge in [0.1, 0.15) is 5.60 Å². The van der Waals surface area contributed by atoms with Crippen LogP contribution < -0.4 is 0 Å². The minimum Gasteiger partial charge on any atom is -0.456 e. The first-order valence-electron chi connectivity index (χ1n) is 6.95. The zero-order valence-corrected chi connectivity index (χ0v) is 13.2. The number of hydrogen-bond acceptors (Lipinski definition) is 2. The fourth-order valence-electron chi connectivity index (χ4n) is 2.21. The van der Waals surface area contributed by atoms with Crippen molar-refractivity contribution in [1.29, 1.82) is 0 Å². The highest BCUT2D eigenvalue weighted by atomic mass is 16.6. The summed E-state index contributed by atoms with van der Waals surface area (Å²) in [5.41, 5.74) is 0.0424. The van der Waals surface area contributed by atoms with Crippen LogP contribution in [0.5, 0.6) is 0 Å². The first kappa shape index (κ1) is 17.2. The summed E-state index contributed by atoms with van der Waals surface area (Å²) in [7, 11) is 0. The Hall–Kier alpha value is -0.790. The Balaban J connectivity index is 4.82. The van der Waals surface area contributed by atoms with Crippen LogP contribution >= 0.6 is 0 Å². The molecule has 106 valence electrons. The van der Waals surface area contributed by atoms with Crippen LogP contribution in [0.15, 0.2) is 12.2 Å². The second kappa shape index (κ2) is 6.96. The van der Waals surface area contributed by atoms with Gasteiger partial charge in [-0.05, 0) is 51.4 Å². The average Bonchev–Trinajstić information content (AvgIpc) is 2.14. The van der Waals surface area contributed by atoms with Gasteiger partial charge in [-0.2, -0.15) is 0 Å². The van der Waals surface area contributed by atoms with Crippen LogP contribution in [0.1, 0.15) is 61.3 Å². The van der Waals surface area contributed by atoms with Crippen LogP contribution in [0.2, 0.25) is 0 Å². The average molecular weight is 254 g/mol. The zero-order chi connectivity index (χ0) is 14.5. The van der Waals surface area contributed by atoms with Crippen molar-refractivity contribution in [2.24, 2.45) is 17.8 Å². The van der Waals surface area contributed by atoms with Gasteiger partial charge in [0.25, 0.3) is 0 Å². The molecule has 0 saturated heterocycles. The summed E-state index contributed by atoms with van der Waals surface area (Å²) < 4.78 is 5.62. The van der Waals surface area contributed by atoms with Gasteiger partial charge in [-0.25, -0.2) is 4.79 Å². The maximum absolute atomic E-state index is 11.7. The van der Waals surface area contributed by atoms with Gasteiger partial charge in [0.2, 0.25) is 0 Å². The first-order chi connectivity index (χ1) is 8.06. The summed E-state index contributed by atoms with van der Waals surface area (Å²) in [4.78, 5) is 11.7. The molecule has 0 bridgehead atoms. The largest absolute Gasteiger partial charge is 0.456 e. The lowest BCUT2D eigenvalue weighted by molar-refractivity contribution is -0.158. The molecule has 2 nitrogen and oxygen atoms in total. The van der Waals surface area contributed by atoms with Crippen molar-refractivity contribution in [2.45, 2.75) is 66.9 Å². The van der Waals surface area contributed by atoms with E-state index in [1.54, 1.807) is 6.92 Å². The second-order valence-corrected chi connectivity index (χ2v) is 6.73. The van der Waals surface area contributed by atoms with Gasteiger partial charge in [-0.15, -0.1) is 0 Å². The van der Waals surface area contributed by atoms with Gasteiger partial charge in [0.05, 0.1) is 0 Å². The van der Waals surface area contributed by atoms with E-state index in [1.165, 1.54) is 0 Å². The molecule has 0 amide bonds. The Bertz CT molecular complexity index is 277. The Kier molecular flexibility index (Phi) is 6.66. The molecule has 0 aromatic heterocycles. The van der Waals surface area contributed by atoms with E-state index < -0.39 is 5.60 Å². The predicted octanol–water partition coefficient (Wildman–Crippen LogP) is 4.59. The van der Waals surface area contributed by atoms with Crippen molar-refractivity contribution in [3.8, 4) is 0 Å². The molecule has 0 N–H and O–H groups in total. The molecule has 0 unspecified atom stereocenters. The summed E-state index contributed by atoms with van der Waals surface area (Å²) in [5, 5.41) is 0. The molecule has 0 saturated carbocycles. The van der Waals surface area contributed by atoms with Crippen molar-refractivity contribution in [3.63, 3.8) is 0 Å². The number of rotatable bonds is 7. The molecule has 0 spiro atoms. The van der Waals surface area contributed by atoms with E-state index in [2.05, 4.69) is 34.3 Å². The summed E-state index contributed by atoms with van der Waals surface area (Å²) in [5.74, 6) is 1.33. The van der Waals surface area contributed by atoms with Crippen molar-refractivity contribution in [2.75, 3.05) is 0 Å². The van der Waals surface area contributed by atoms with Crippen molar-refractivity contribution >= 4 is 5.97 Å². The highest BCUT2D eigenvalue weighted by molar-refractivity contribution is 5.87. The molecule has 0 fully saturated rings. The van der Waals surface area contributed by atoms with Gasteiger partial charge >= 0.3 is 5.97 Å². The monoisotopic (exact) mass is 254 g/mol. The lowest BCUT2D eigenvalue weighted by Gasteiger charge is -2.36. The third-order valence-electron chi connectivity index (χ3n) is 3.20. The predicted molar refractivity (Wildman–Crippen MR) is 77.4 cm³/mol. The molecule has 0 heterocycles. The molecule has 0 radical (unpaired) electrons. The van der Waals surface area contributed by atoms with Crippen LogP contribution in [0, 0.1) is 17.8 Å². The Morgan fingerprint density at radius 1 is 1.11 bits per heavy atom. The second-order valence-electron chi connectivity index (χ2n) is 6.73. The van der Waals surface area contributed by atoms with E-state index in [0.29, 0.717) is 23.3 Å². The number of carbonyl (C=O) groups is 1. The van der Waals surface area contributed by atoms with Gasteiger partial charge < -0.3 is 4.74 Å². The molecule has 2 heteroatoms. The van der Waals surface area contributed by atoms with Crippen LogP contribution in [-0.2, 0) is 9.53 Å². The van der Waals surface area contributed by atoms with Crippen LogP contribution in [0.4, 0.5) is 0 Å². The van der Waals surface area contributed by atoms with Crippen molar-refractivity contribution in [1.82, 2.24) is 0 Å². The smallest absolute Gasteiger partial charge is 0.333 e. The van der Waals surface area contributed by atoms with E-state index in [0.717, 1.165) is 12.8 Å². The number of carbonyl (C=O) groups excluding carboxylic acids is 1. The summed E-state index contributed by atoms with van der Waals surface area (Å²) >= 11 is 0. The minimum atomic E-state index is -0.426. The van der Waals surface area contributed by atoms with Crippen molar-refractivity contribution < 1.29 is 9.53 Å². The third kappa shape index (κ3) is 6.23. The molecule has 0 aliphatic heterocycles. The molecule has 0 aliphatic rings. The molecule has 18 heavy (non-hydrogen) atoms. The van der Waals surface area contributed by atoms with E-state index in [4.69, 9.17) is 4.74 Å². The first-order valence-corrected chi connectivity index (χ1v) is 6.95. The molecule has 0 rings (SSSR count). The minimum absolute atomic E-state index is 0.280. The Morgan fingerprint density at radius 2 is 1.50 bits per heavy atom. The molecule has 0 aromatic rings. The fourth-order valence-corrected chi connectivity index (χ4v) is 2.21. The van der Waals surface area contributed by atoms with Crippen molar-refractivity contribution in [3.05, 3.63) is 12.2 Å². The van der Waals surface area contributed by atoms with Crippen LogP contribution in [-0.4, -0.2) is 11.6 Å². The molecule has 0 atom stereocenters. The fraction of sp³-hybridized carbons (Fsp3) is 0.812. The quantitative estimate of drug-likeness (QED) is 0.490. The molecular formula is C16H30O2. The SMILES string of the molecule is C=C(C)C(=O)OC(C)(C)C(CC(C)C)CC(C)C. The third-order valence-corrected chi connectivity index (χ3v) is 3.20. The summed E-state index contributed by atoms with van der Waals surface area (Å²) in [6.07, 6.45) is 2.16. The number of ether oxygens (including phenoxy) is 1. The maximum atomic E-state index is 11.7. The van der Waals surface area contributed by atoms with Gasteiger partial charge in [-0.3, -0.25) is 0 Å². The molecule has 0 aliphatic carbocycles. The van der Waals surface area contributed by atoms with E-state index in [1.807, 2.05) is 13.8 Å². The maximum Gasteiger partial charge on any atom is 0.333 e. The highest BCUT2D eigenvalue weighted by Gasteiger charge is 2.34. The van der Waals surface area contributed by atoms with Gasteiger partial charge in [-0.1, -0.05) is 34.3 Å². The summed E-state index contributed by atoms with van der Waals surface area (Å²) in [6.45, 7) is 18.2. The Morgan fingerprint density at radius 3 is 1.78 bits per heavy atom. The standard InChI is InChI=1S/C16H30O2/c1-11(2)9-14(10-12(3)4)16(7,8)18-15(17)13(5)6/h11-12,14H,5,9-10H2,1-4,6-8H3. The van der Waals surface area contributed by atoms with E-state index >= 15 is 0 Å². The van der Waals surface area contributed by atoms with Crippen LogP contribution in [0.25, 0.3) is 0 Å². The van der Waals surface area contributed by atoms with Gasteiger partial charge in [0.15, 0.2) is 0 Å². The number of esters is 1. The number of hydrogen-bond donors (Lipinski definition) is 0. The van der Waals surface area contributed by atoms with E-state index in [9.17, 15) is 4.79 Å². The summed E-state index contributed by atoms with van der Waals surface area (Å²) in [6, 6.07) is 0. The Labute approximate surface area is 113 Å². The van der Waals surface area contributed by atoms with E-state index in [-0.39, 0.29) is 5.97 Å². The zero-order valence-electron chi connectivity index (χ0n) is 13.2.